The molecule has 39 heavy (non-hydrogen) atoms. The smallest absolute Gasteiger partial charge is 0.336 e. The number of esters is 2. The fraction of sp³-hybridized carbons (Fsp3) is 0.387. The minimum atomic E-state index is -1.06. The zero-order valence-corrected chi connectivity index (χ0v) is 23.0. The van der Waals surface area contributed by atoms with Crippen LogP contribution in [0.15, 0.2) is 71.1 Å². The number of hydrogen-bond donors (Lipinski definition) is 1. The molecule has 1 aliphatic heterocycles. The molecule has 4 rings (SSSR count). The number of rotatable bonds is 9. The van der Waals surface area contributed by atoms with Gasteiger partial charge in [0.25, 0.3) is 0 Å². The van der Waals surface area contributed by atoms with Crippen LogP contribution < -0.4 is 14.8 Å². The molecule has 0 aromatic heterocycles. The first-order valence-corrected chi connectivity index (χ1v) is 13.3. The van der Waals surface area contributed by atoms with Crippen molar-refractivity contribution in [2.24, 2.45) is 5.92 Å². The Balaban J connectivity index is 1.86. The van der Waals surface area contributed by atoms with Crippen molar-refractivity contribution in [2.45, 2.75) is 46.0 Å². The van der Waals surface area contributed by atoms with E-state index < -0.39 is 29.7 Å². The fourth-order valence-electron chi connectivity index (χ4n) is 5.44. The number of benzene rings is 2. The van der Waals surface area contributed by atoms with Crippen molar-refractivity contribution in [3.63, 3.8) is 0 Å². The molecule has 8 nitrogen and oxygen atoms in total. The van der Waals surface area contributed by atoms with Gasteiger partial charge in [0.1, 0.15) is 17.4 Å². The number of allylic oxidation sites excluding steroid dienone is 3. The molecule has 1 aliphatic carbocycles. The second-order valence-electron chi connectivity index (χ2n) is 9.39. The molecular weight excluding hydrogens is 498 g/mol. The zero-order chi connectivity index (χ0) is 28.1. The van der Waals surface area contributed by atoms with Gasteiger partial charge in [-0.1, -0.05) is 24.3 Å². The van der Waals surface area contributed by atoms with Crippen LogP contribution >= 0.6 is 0 Å². The van der Waals surface area contributed by atoms with E-state index in [1.165, 1.54) is 0 Å². The van der Waals surface area contributed by atoms with Gasteiger partial charge in [-0.15, -0.1) is 0 Å². The van der Waals surface area contributed by atoms with E-state index >= 15 is 0 Å². The molecule has 0 saturated carbocycles. The lowest BCUT2D eigenvalue weighted by Crippen LogP contribution is -2.43. The van der Waals surface area contributed by atoms with Gasteiger partial charge in [0.2, 0.25) is 0 Å². The van der Waals surface area contributed by atoms with Crippen LogP contribution in [0.2, 0.25) is 0 Å². The second-order valence-corrected chi connectivity index (χ2v) is 9.39. The molecule has 0 amide bonds. The van der Waals surface area contributed by atoms with Gasteiger partial charge in [-0.2, -0.15) is 0 Å². The van der Waals surface area contributed by atoms with E-state index in [4.69, 9.17) is 18.9 Å². The molecule has 1 heterocycles. The quantitative estimate of drug-likeness (QED) is 0.362. The number of dihydropyridines is 1. The highest BCUT2D eigenvalue weighted by Gasteiger charge is 2.49. The number of carbonyl (C=O) groups is 3. The largest absolute Gasteiger partial charge is 0.497 e. The van der Waals surface area contributed by atoms with E-state index in [-0.39, 0.29) is 19.0 Å². The first kappa shape index (κ1) is 28.0. The molecule has 0 saturated heterocycles. The van der Waals surface area contributed by atoms with E-state index in [0.717, 1.165) is 11.1 Å². The molecule has 206 valence electrons. The number of carbonyl (C=O) groups excluding carboxylic acids is 3. The molecule has 0 spiro atoms. The summed E-state index contributed by atoms with van der Waals surface area (Å²) in [5, 5.41) is 3.32. The molecule has 2 aliphatic rings. The van der Waals surface area contributed by atoms with Crippen LogP contribution in [0.25, 0.3) is 0 Å². The van der Waals surface area contributed by atoms with Crippen molar-refractivity contribution in [3.05, 3.63) is 82.2 Å². The lowest BCUT2D eigenvalue weighted by atomic mass is 9.67. The van der Waals surface area contributed by atoms with Gasteiger partial charge >= 0.3 is 11.9 Å². The molecule has 2 aromatic carbocycles. The SMILES string of the molecule is CCOC(=O)C1=C(C)NC2=C(C(=O)[C@@H](C(=O)OCC)[C@H](c3ccc(OC)cc3)C2)[C@H]1c1ccc(OCC)cc1. The predicted molar refractivity (Wildman–Crippen MR) is 145 cm³/mol. The normalized spacial score (nSPS) is 20.6. The number of hydrogen-bond acceptors (Lipinski definition) is 8. The minimum Gasteiger partial charge on any atom is -0.497 e. The minimum absolute atomic E-state index is 0.150. The van der Waals surface area contributed by atoms with Crippen LogP contribution in [0.4, 0.5) is 0 Å². The second kappa shape index (κ2) is 12.2. The molecule has 8 heteroatoms. The average Bonchev–Trinajstić information content (AvgIpc) is 2.93. The highest BCUT2D eigenvalue weighted by atomic mass is 16.5. The lowest BCUT2D eigenvalue weighted by molar-refractivity contribution is -0.152. The monoisotopic (exact) mass is 533 g/mol. The van der Waals surface area contributed by atoms with E-state index in [9.17, 15) is 14.4 Å². The van der Waals surface area contributed by atoms with Crippen LogP contribution in [-0.2, 0) is 23.9 Å². The average molecular weight is 534 g/mol. The Morgan fingerprint density at radius 3 is 2.08 bits per heavy atom. The summed E-state index contributed by atoms with van der Waals surface area (Å²) in [6.45, 7) is 8.02. The van der Waals surface area contributed by atoms with Crippen LogP contribution in [0.1, 0.15) is 57.1 Å². The Morgan fingerprint density at radius 1 is 0.872 bits per heavy atom. The molecule has 3 atom stereocenters. The number of nitrogens with one attached hydrogen (secondary N) is 1. The Kier molecular flexibility index (Phi) is 8.74. The van der Waals surface area contributed by atoms with E-state index in [1.807, 2.05) is 62.4 Å². The van der Waals surface area contributed by atoms with Crippen molar-refractivity contribution < 1.29 is 33.3 Å². The lowest BCUT2D eigenvalue weighted by Gasteiger charge is -2.39. The summed E-state index contributed by atoms with van der Waals surface area (Å²) < 4.78 is 21.7. The van der Waals surface area contributed by atoms with E-state index in [1.54, 1.807) is 21.0 Å². The van der Waals surface area contributed by atoms with Crippen molar-refractivity contribution in [1.82, 2.24) is 5.32 Å². The number of ether oxygens (including phenoxy) is 4. The van der Waals surface area contributed by atoms with Crippen molar-refractivity contribution >= 4 is 17.7 Å². The standard InChI is InChI=1S/C31H35NO7/c1-6-37-22-15-11-20(12-16-22)26-25(30(34)38-7-2)18(4)32-24-17-23(19-9-13-21(36-5)14-10-19)27(29(33)28(24)26)31(35)39-8-3/h9-16,23,26-27,32H,6-8,17H2,1-5H3/t23-,26-,27-/m0/s1. The van der Waals surface area contributed by atoms with Gasteiger partial charge in [0.15, 0.2) is 5.78 Å². The Hall–Kier alpha value is -4.07. The third-order valence-electron chi connectivity index (χ3n) is 7.12. The topological polar surface area (TPSA) is 100 Å². The van der Waals surface area contributed by atoms with Gasteiger partial charge in [-0.3, -0.25) is 9.59 Å². The number of methoxy groups -OCH3 is 1. The molecule has 0 radical (unpaired) electrons. The van der Waals surface area contributed by atoms with Crippen molar-refractivity contribution in [2.75, 3.05) is 26.9 Å². The van der Waals surface area contributed by atoms with Crippen molar-refractivity contribution in [1.29, 1.82) is 0 Å². The predicted octanol–water partition coefficient (Wildman–Crippen LogP) is 4.81. The molecule has 0 fully saturated rings. The third-order valence-corrected chi connectivity index (χ3v) is 7.12. The fourth-order valence-corrected chi connectivity index (χ4v) is 5.44. The van der Waals surface area contributed by atoms with Crippen LogP contribution in [0.5, 0.6) is 11.5 Å². The summed E-state index contributed by atoms with van der Waals surface area (Å²) >= 11 is 0. The molecule has 1 N–H and O–H groups in total. The summed E-state index contributed by atoms with van der Waals surface area (Å²) in [7, 11) is 1.58. The van der Waals surface area contributed by atoms with Gasteiger partial charge in [-0.25, -0.2) is 4.79 Å². The first-order chi connectivity index (χ1) is 18.8. The summed E-state index contributed by atoms with van der Waals surface area (Å²) in [6.07, 6.45) is 0.387. The molecule has 2 aromatic rings. The van der Waals surface area contributed by atoms with Crippen molar-refractivity contribution in [3.8, 4) is 11.5 Å². The number of Topliss-reactive ketones (excluding diaryl/α,β-unsaturated/α-hetero) is 1. The maximum atomic E-state index is 14.3. The summed E-state index contributed by atoms with van der Waals surface area (Å²) in [6, 6.07) is 14.7. The van der Waals surface area contributed by atoms with E-state index in [0.29, 0.717) is 47.1 Å². The zero-order valence-electron chi connectivity index (χ0n) is 23.0. The molecule has 0 bridgehead atoms. The highest BCUT2D eigenvalue weighted by Crippen LogP contribution is 2.48. The summed E-state index contributed by atoms with van der Waals surface area (Å²) in [5.74, 6) is -2.32. The van der Waals surface area contributed by atoms with Gasteiger partial charge in [0.05, 0.1) is 32.5 Å². The Labute approximate surface area is 229 Å². The maximum Gasteiger partial charge on any atom is 0.336 e. The maximum absolute atomic E-state index is 14.3. The Bertz CT molecular complexity index is 1290. The summed E-state index contributed by atoms with van der Waals surface area (Å²) in [4.78, 5) is 40.9. The first-order valence-electron chi connectivity index (χ1n) is 13.3. The van der Waals surface area contributed by atoms with E-state index in [2.05, 4.69) is 5.32 Å². The van der Waals surface area contributed by atoms with Gasteiger partial charge in [0, 0.05) is 28.8 Å². The molecule has 0 unspecified atom stereocenters. The van der Waals surface area contributed by atoms with Gasteiger partial charge in [-0.05, 0) is 69.5 Å². The van der Waals surface area contributed by atoms with Crippen LogP contribution in [0, 0.1) is 5.92 Å². The third kappa shape index (κ3) is 5.55. The van der Waals surface area contributed by atoms with Crippen LogP contribution in [-0.4, -0.2) is 44.7 Å². The molecular formula is C31H35NO7. The number of ketones is 1. The highest BCUT2D eigenvalue weighted by molar-refractivity contribution is 6.13. The summed E-state index contributed by atoms with van der Waals surface area (Å²) in [5.41, 5.74) is 3.58. The Morgan fingerprint density at radius 2 is 1.49 bits per heavy atom. The van der Waals surface area contributed by atoms with Crippen LogP contribution in [0.3, 0.4) is 0 Å². The van der Waals surface area contributed by atoms with Gasteiger partial charge < -0.3 is 24.3 Å².